The van der Waals surface area contributed by atoms with Gasteiger partial charge in [0, 0.05) is 29.0 Å². The second kappa shape index (κ2) is 6.60. The van der Waals surface area contributed by atoms with E-state index < -0.39 is 12.0 Å². The van der Waals surface area contributed by atoms with E-state index in [0.29, 0.717) is 22.9 Å². The van der Waals surface area contributed by atoms with Crippen LogP contribution >= 0.6 is 11.6 Å². The van der Waals surface area contributed by atoms with Crippen molar-refractivity contribution in [3.63, 3.8) is 0 Å². The van der Waals surface area contributed by atoms with Crippen LogP contribution in [0.4, 0.5) is 0 Å². The molecule has 1 atom stereocenters. The van der Waals surface area contributed by atoms with Crippen LogP contribution in [0.25, 0.3) is 0 Å². The lowest BCUT2D eigenvalue weighted by Gasteiger charge is -2.25. The summed E-state index contributed by atoms with van der Waals surface area (Å²) in [7, 11) is 3.22. The Morgan fingerprint density at radius 2 is 2.29 bits per heavy atom. The molecule has 2 aromatic rings. The van der Waals surface area contributed by atoms with Gasteiger partial charge < -0.3 is 9.84 Å². The van der Waals surface area contributed by atoms with E-state index in [9.17, 15) is 9.90 Å². The lowest BCUT2D eigenvalue weighted by Crippen LogP contribution is -2.31. The van der Waals surface area contributed by atoms with Gasteiger partial charge in [-0.05, 0) is 31.3 Å². The van der Waals surface area contributed by atoms with Crippen LogP contribution in [0.5, 0.6) is 5.75 Å². The van der Waals surface area contributed by atoms with E-state index in [4.69, 9.17) is 16.3 Å². The highest BCUT2D eigenvalue weighted by molar-refractivity contribution is 6.30. The Kier molecular flexibility index (Phi) is 4.82. The van der Waals surface area contributed by atoms with Gasteiger partial charge in [0.2, 0.25) is 0 Å². The van der Waals surface area contributed by atoms with Crippen molar-refractivity contribution >= 4 is 17.6 Å². The maximum absolute atomic E-state index is 11.7. The first kappa shape index (κ1) is 15.3. The first-order valence-corrected chi connectivity index (χ1v) is 6.65. The molecule has 7 heteroatoms. The molecule has 1 heterocycles. The third kappa shape index (κ3) is 3.53. The maximum Gasteiger partial charge on any atom is 0.325 e. The molecule has 112 valence electrons. The monoisotopic (exact) mass is 309 g/mol. The summed E-state index contributed by atoms with van der Waals surface area (Å²) < 4.78 is 5.25. The summed E-state index contributed by atoms with van der Waals surface area (Å²) in [5.74, 6) is -0.485. The summed E-state index contributed by atoms with van der Waals surface area (Å²) in [6.45, 7) is 0.409. The number of aromatic nitrogens is 2. The Labute approximate surface area is 127 Å². The Balaban J connectivity index is 2.34. The zero-order valence-corrected chi connectivity index (χ0v) is 12.5. The number of rotatable bonds is 6. The summed E-state index contributed by atoms with van der Waals surface area (Å²) in [5, 5.41) is 16.7. The van der Waals surface area contributed by atoms with Crippen molar-refractivity contribution in [3.8, 4) is 5.75 Å². The lowest BCUT2D eigenvalue weighted by atomic mass is 10.0. The summed E-state index contributed by atoms with van der Waals surface area (Å²) in [4.78, 5) is 13.4. The number of H-pyrrole nitrogens is 1. The fourth-order valence-corrected chi connectivity index (χ4v) is 2.39. The standard InChI is InChI=1S/C14H16ClN3O3/c1-18(8-10-5-6-16-17-10)13(14(19)20)11-7-9(15)3-4-12(11)21-2/h3-7,13H,8H2,1-2H3,(H,16,17)(H,19,20). The topological polar surface area (TPSA) is 78.5 Å². The van der Waals surface area contributed by atoms with Crippen LogP contribution in [-0.4, -0.2) is 40.3 Å². The summed E-state index contributed by atoms with van der Waals surface area (Å²) in [6, 6.07) is 5.87. The van der Waals surface area contributed by atoms with Gasteiger partial charge in [0.1, 0.15) is 11.8 Å². The minimum atomic E-state index is -0.974. The molecule has 0 aliphatic carbocycles. The molecule has 1 unspecified atom stereocenters. The number of benzene rings is 1. The van der Waals surface area contributed by atoms with E-state index in [1.54, 1.807) is 42.4 Å². The molecule has 21 heavy (non-hydrogen) atoms. The molecule has 1 aromatic heterocycles. The van der Waals surface area contributed by atoms with Crippen molar-refractivity contribution in [2.75, 3.05) is 14.2 Å². The van der Waals surface area contributed by atoms with Gasteiger partial charge in [-0.3, -0.25) is 14.8 Å². The molecule has 0 aliphatic rings. The number of hydrogen-bond donors (Lipinski definition) is 2. The minimum Gasteiger partial charge on any atom is -0.496 e. The van der Waals surface area contributed by atoms with Crippen LogP contribution < -0.4 is 4.74 Å². The molecule has 0 bridgehead atoms. The average molecular weight is 310 g/mol. The zero-order valence-electron chi connectivity index (χ0n) is 11.7. The SMILES string of the molecule is COc1ccc(Cl)cc1C(C(=O)O)N(C)Cc1ccn[nH]1. The van der Waals surface area contributed by atoms with Gasteiger partial charge in [-0.25, -0.2) is 0 Å². The third-order valence-corrected chi connectivity index (χ3v) is 3.37. The predicted molar refractivity (Wildman–Crippen MR) is 78.4 cm³/mol. The Hall–Kier alpha value is -2.05. The van der Waals surface area contributed by atoms with Crippen LogP contribution in [0.1, 0.15) is 17.3 Å². The number of likely N-dealkylation sites (N-methyl/N-ethyl adjacent to an activating group) is 1. The maximum atomic E-state index is 11.7. The molecule has 6 nitrogen and oxygen atoms in total. The molecule has 2 N–H and O–H groups in total. The van der Waals surface area contributed by atoms with Crippen LogP contribution in [0.3, 0.4) is 0 Å². The molecular weight excluding hydrogens is 294 g/mol. The predicted octanol–water partition coefficient (Wildman–Crippen LogP) is 2.33. The smallest absolute Gasteiger partial charge is 0.325 e. The number of halogens is 1. The van der Waals surface area contributed by atoms with E-state index in [2.05, 4.69) is 10.2 Å². The van der Waals surface area contributed by atoms with E-state index in [1.807, 2.05) is 0 Å². The van der Waals surface area contributed by atoms with Crippen LogP contribution in [0, 0.1) is 0 Å². The van der Waals surface area contributed by atoms with E-state index in [0.717, 1.165) is 5.69 Å². The summed E-state index contributed by atoms with van der Waals surface area (Å²) >= 11 is 5.99. The van der Waals surface area contributed by atoms with Gasteiger partial charge in [-0.15, -0.1) is 0 Å². The number of nitrogens with zero attached hydrogens (tertiary/aromatic N) is 2. The molecule has 0 saturated heterocycles. The quantitative estimate of drug-likeness (QED) is 0.856. The van der Waals surface area contributed by atoms with Gasteiger partial charge >= 0.3 is 5.97 Å². The fraction of sp³-hybridized carbons (Fsp3) is 0.286. The number of hydrogen-bond acceptors (Lipinski definition) is 4. The van der Waals surface area contributed by atoms with Crippen LogP contribution in [-0.2, 0) is 11.3 Å². The van der Waals surface area contributed by atoms with Gasteiger partial charge in [0.05, 0.1) is 7.11 Å². The highest BCUT2D eigenvalue weighted by Gasteiger charge is 2.28. The Morgan fingerprint density at radius 3 is 2.86 bits per heavy atom. The Bertz CT molecular complexity index is 616. The number of aromatic amines is 1. The normalized spacial score (nSPS) is 12.4. The van der Waals surface area contributed by atoms with Crippen molar-refractivity contribution in [2.24, 2.45) is 0 Å². The lowest BCUT2D eigenvalue weighted by molar-refractivity contribution is -0.143. The van der Waals surface area contributed by atoms with Gasteiger partial charge in [0.15, 0.2) is 0 Å². The number of carbonyl (C=O) groups is 1. The van der Waals surface area contributed by atoms with Gasteiger partial charge in [-0.1, -0.05) is 11.6 Å². The van der Waals surface area contributed by atoms with E-state index in [1.165, 1.54) is 7.11 Å². The number of ether oxygens (including phenoxy) is 1. The third-order valence-electron chi connectivity index (χ3n) is 3.14. The number of methoxy groups -OCH3 is 1. The molecule has 0 saturated carbocycles. The second-order valence-electron chi connectivity index (χ2n) is 4.62. The number of carboxylic acids is 1. The highest BCUT2D eigenvalue weighted by atomic mass is 35.5. The van der Waals surface area contributed by atoms with Crippen LogP contribution in [0.2, 0.25) is 5.02 Å². The molecule has 0 radical (unpaired) electrons. The van der Waals surface area contributed by atoms with E-state index in [-0.39, 0.29) is 0 Å². The number of aliphatic carboxylic acids is 1. The first-order chi connectivity index (χ1) is 10.0. The second-order valence-corrected chi connectivity index (χ2v) is 5.06. The first-order valence-electron chi connectivity index (χ1n) is 6.27. The molecule has 0 amide bonds. The molecule has 0 spiro atoms. The number of nitrogens with one attached hydrogen (secondary N) is 1. The molecular formula is C14H16ClN3O3. The van der Waals surface area contributed by atoms with Crippen molar-refractivity contribution in [1.82, 2.24) is 15.1 Å². The van der Waals surface area contributed by atoms with Gasteiger partial charge in [0.25, 0.3) is 0 Å². The van der Waals surface area contributed by atoms with Crippen LogP contribution in [0.15, 0.2) is 30.5 Å². The van der Waals surface area contributed by atoms with Crippen molar-refractivity contribution < 1.29 is 14.6 Å². The van der Waals surface area contributed by atoms with Crippen molar-refractivity contribution in [1.29, 1.82) is 0 Å². The fourth-order valence-electron chi connectivity index (χ4n) is 2.21. The minimum absolute atomic E-state index is 0.409. The average Bonchev–Trinajstić information content (AvgIpc) is 2.91. The zero-order chi connectivity index (χ0) is 15.4. The van der Waals surface area contributed by atoms with Crippen molar-refractivity contribution in [2.45, 2.75) is 12.6 Å². The van der Waals surface area contributed by atoms with Crippen molar-refractivity contribution in [3.05, 3.63) is 46.7 Å². The molecule has 1 aromatic carbocycles. The Morgan fingerprint density at radius 1 is 1.52 bits per heavy atom. The molecule has 2 rings (SSSR count). The summed E-state index contributed by atoms with van der Waals surface area (Å²) in [6.07, 6.45) is 1.62. The van der Waals surface area contributed by atoms with E-state index >= 15 is 0 Å². The summed E-state index contributed by atoms with van der Waals surface area (Å²) in [5.41, 5.74) is 1.34. The van der Waals surface area contributed by atoms with Gasteiger partial charge in [-0.2, -0.15) is 5.10 Å². The highest BCUT2D eigenvalue weighted by Crippen LogP contribution is 2.32. The molecule has 0 fully saturated rings. The largest absolute Gasteiger partial charge is 0.496 e. The number of carboxylic acid groups (broad SMARTS) is 1. The molecule has 0 aliphatic heterocycles.